The quantitative estimate of drug-likeness (QED) is 0.702. The van der Waals surface area contributed by atoms with E-state index in [1.54, 1.807) is 11.8 Å². The minimum Gasteiger partial charge on any atom is -0.326 e. The number of carbonyl (C=O) groups excluding carboxylic acids is 1. The molecule has 1 aromatic heterocycles. The molecule has 0 radical (unpaired) electrons. The van der Waals surface area contributed by atoms with Crippen molar-refractivity contribution in [1.29, 1.82) is 0 Å². The van der Waals surface area contributed by atoms with Gasteiger partial charge in [0, 0.05) is 23.9 Å². The minimum atomic E-state index is -0.0861. The van der Waals surface area contributed by atoms with E-state index in [2.05, 4.69) is 32.6 Å². The Labute approximate surface area is 138 Å². The van der Waals surface area contributed by atoms with Crippen LogP contribution in [0.15, 0.2) is 59.8 Å². The summed E-state index contributed by atoms with van der Waals surface area (Å²) in [7, 11) is 0. The molecule has 0 saturated heterocycles. The third-order valence-electron chi connectivity index (χ3n) is 3.15. The molecule has 0 spiro atoms. The molecule has 0 aliphatic carbocycles. The van der Waals surface area contributed by atoms with E-state index in [1.807, 2.05) is 42.5 Å². The van der Waals surface area contributed by atoms with E-state index in [0.29, 0.717) is 0 Å². The zero-order chi connectivity index (χ0) is 16.1. The zero-order valence-electron chi connectivity index (χ0n) is 12.6. The smallest absolute Gasteiger partial charge is 0.221 e. The molecule has 0 unspecified atom stereocenters. The molecule has 6 heteroatoms. The van der Waals surface area contributed by atoms with Crippen LogP contribution in [0.4, 0.5) is 5.69 Å². The number of carbonyl (C=O) groups is 1. The summed E-state index contributed by atoms with van der Waals surface area (Å²) >= 11 is 1.59. The lowest BCUT2D eigenvalue weighted by Gasteiger charge is -2.02. The SMILES string of the molecule is CC(=O)Nc1ccc(-c2nc(SCc3ccccc3)n[nH]2)cc1. The van der Waals surface area contributed by atoms with Crippen LogP contribution in [0.2, 0.25) is 0 Å². The Morgan fingerprint density at radius 2 is 1.87 bits per heavy atom. The topological polar surface area (TPSA) is 70.7 Å². The Balaban J connectivity index is 1.65. The second-order valence-electron chi connectivity index (χ2n) is 5.00. The number of H-pyrrole nitrogens is 1. The Hall–Kier alpha value is -2.60. The van der Waals surface area contributed by atoms with Gasteiger partial charge in [-0.05, 0) is 29.8 Å². The predicted octanol–water partition coefficient (Wildman–Crippen LogP) is 3.72. The first-order valence-corrected chi connectivity index (χ1v) is 8.16. The van der Waals surface area contributed by atoms with Crippen LogP contribution in [0.5, 0.6) is 0 Å². The fourth-order valence-corrected chi connectivity index (χ4v) is 2.83. The number of amides is 1. The van der Waals surface area contributed by atoms with Gasteiger partial charge in [-0.3, -0.25) is 9.89 Å². The van der Waals surface area contributed by atoms with Gasteiger partial charge in [0.15, 0.2) is 5.82 Å². The summed E-state index contributed by atoms with van der Waals surface area (Å²) in [4.78, 5) is 15.5. The maximum absolute atomic E-state index is 11.0. The van der Waals surface area contributed by atoms with E-state index < -0.39 is 0 Å². The number of thioether (sulfide) groups is 1. The third-order valence-corrected chi connectivity index (χ3v) is 4.07. The molecule has 0 atom stereocenters. The molecular formula is C17H16N4OS. The van der Waals surface area contributed by atoms with Crippen LogP contribution in [0, 0.1) is 0 Å². The molecule has 0 bridgehead atoms. The number of anilines is 1. The van der Waals surface area contributed by atoms with Gasteiger partial charge < -0.3 is 5.32 Å². The fourth-order valence-electron chi connectivity index (χ4n) is 2.08. The first-order valence-electron chi connectivity index (χ1n) is 7.18. The van der Waals surface area contributed by atoms with Gasteiger partial charge in [0.25, 0.3) is 0 Å². The summed E-state index contributed by atoms with van der Waals surface area (Å²) < 4.78 is 0. The van der Waals surface area contributed by atoms with Crippen molar-refractivity contribution in [2.45, 2.75) is 17.8 Å². The monoisotopic (exact) mass is 324 g/mol. The highest BCUT2D eigenvalue weighted by Crippen LogP contribution is 2.23. The molecule has 1 heterocycles. The minimum absolute atomic E-state index is 0.0861. The van der Waals surface area contributed by atoms with Crippen LogP contribution in [0.1, 0.15) is 12.5 Å². The maximum Gasteiger partial charge on any atom is 0.221 e. The van der Waals surface area contributed by atoms with Crippen molar-refractivity contribution in [2.75, 3.05) is 5.32 Å². The highest BCUT2D eigenvalue weighted by Gasteiger charge is 2.07. The third kappa shape index (κ3) is 4.20. The summed E-state index contributed by atoms with van der Waals surface area (Å²) in [5, 5.41) is 10.6. The lowest BCUT2D eigenvalue weighted by molar-refractivity contribution is -0.114. The van der Waals surface area contributed by atoms with Crippen LogP contribution >= 0.6 is 11.8 Å². The second-order valence-corrected chi connectivity index (χ2v) is 5.94. The van der Waals surface area contributed by atoms with Crippen LogP contribution in [-0.4, -0.2) is 21.1 Å². The van der Waals surface area contributed by atoms with Crippen molar-refractivity contribution in [1.82, 2.24) is 15.2 Å². The van der Waals surface area contributed by atoms with Gasteiger partial charge in [0.1, 0.15) is 0 Å². The summed E-state index contributed by atoms with van der Waals surface area (Å²) in [6, 6.07) is 17.7. The number of hydrogen-bond acceptors (Lipinski definition) is 4. The van der Waals surface area contributed by atoms with E-state index in [-0.39, 0.29) is 5.91 Å². The number of rotatable bonds is 5. The highest BCUT2D eigenvalue weighted by molar-refractivity contribution is 7.98. The zero-order valence-corrected chi connectivity index (χ0v) is 13.4. The van der Waals surface area contributed by atoms with Crippen molar-refractivity contribution >= 4 is 23.4 Å². The maximum atomic E-state index is 11.0. The van der Waals surface area contributed by atoms with Crippen molar-refractivity contribution in [3.63, 3.8) is 0 Å². The number of nitrogens with zero attached hydrogens (tertiary/aromatic N) is 2. The summed E-state index contributed by atoms with van der Waals surface area (Å²) in [5.41, 5.74) is 2.93. The molecule has 5 nitrogen and oxygen atoms in total. The molecule has 0 aliphatic rings. The molecule has 0 aliphatic heterocycles. The number of hydrogen-bond donors (Lipinski definition) is 2. The average Bonchev–Trinajstić information content (AvgIpc) is 3.03. The van der Waals surface area contributed by atoms with Crippen LogP contribution in [-0.2, 0) is 10.5 Å². The van der Waals surface area contributed by atoms with Gasteiger partial charge in [-0.15, -0.1) is 5.10 Å². The van der Waals surface area contributed by atoms with Gasteiger partial charge in [0.05, 0.1) is 0 Å². The fraction of sp³-hybridized carbons (Fsp3) is 0.118. The highest BCUT2D eigenvalue weighted by atomic mass is 32.2. The molecule has 3 rings (SSSR count). The number of benzene rings is 2. The van der Waals surface area contributed by atoms with Gasteiger partial charge >= 0.3 is 0 Å². The lowest BCUT2D eigenvalue weighted by Crippen LogP contribution is -2.05. The summed E-state index contributed by atoms with van der Waals surface area (Å²) in [6.45, 7) is 1.49. The normalized spacial score (nSPS) is 10.5. The van der Waals surface area contributed by atoms with Crippen molar-refractivity contribution < 1.29 is 4.79 Å². The molecule has 116 valence electrons. The molecule has 3 aromatic rings. The molecule has 0 saturated carbocycles. The Kier molecular flexibility index (Phi) is 4.73. The van der Waals surface area contributed by atoms with Gasteiger partial charge in [-0.1, -0.05) is 42.1 Å². The van der Waals surface area contributed by atoms with E-state index in [9.17, 15) is 4.79 Å². The average molecular weight is 324 g/mol. The number of nitrogens with one attached hydrogen (secondary N) is 2. The van der Waals surface area contributed by atoms with Crippen LogP contribution in [0.3, 0.4) is 0 Å². The van der Waals surface area contributed by atoms with Crippen LogP contribution < -0.4 is 5.32 Å². The Morgan fingerprint density at radius 1 is 1.13 bits per heavy atom. The molecule has 1 amide bonds. The van der Waals surface area contributed by atoms with E-state index >= 15 is 0 Å². The Bertz CT molecular complexity index is 784. The standard InChI is InChI=1S/C17H16N4OS/c1-12(22)18-15-9-7-14(8-10-15)16-19-17(21-20-16)23-11-13-5-3-2-4-6-13/h2-10H,11H2,1H3,(H,18,22)(H,19,20,21). The summed E-state index contributed by atoms with van der Waals surface area (Å²) in [6.07, 6.45) is 0. The largest absolute Gasteiger partial charge is 0.326 e. The second kappa shape index (κ2) is 7.11. The lowest BCUT2D eigenvalue weighted by atomic mass is 10.2. The number of aromatic amines is 1. The predicted molar refractivity (Wildman–Crippen MR) is 92.1 cm³/mol. The molecule has 23 heavy (non-hydrogen) atoms. The molecule has 2 N–H and O–H groups in total. The first kappa shape index (κ1) is 15.3. The molecular weight excluding hydrogens is 308 g/mol. The van der Waals surface area contributed by atoms with E-state index in [4.69, 9.17) is 0 Å². The molecule has 0 fully saturated rings. The van der Waals surface area contributed by atoms with E-state index in [1.165, 1.54) is 12.5 Å². The van der Waals surface area contributed by atoms with Crippen molar-refractivity contribution in [3.05, 3.63) is 60.2 Å². The first-order chi connectivity index (χ1) is 11.2. The van der Waals surface area contributed by atoms with Gasteiger partial charge in [-0.25, -0.2) is 4.98 Å². The molecule has 2 aromatic carbocycles. The van der Waals surface area contributed by atoms with Crippen molar-refractivity contribution in [3.8, 4) is 11.4 Å². The van der Waals surface area contributed by atoms with Crippen LogP contribution in [0.25, 0.3) is 11.4 Å². The van der Waals surface area contributed by atoms with Gasteiger partial charge in [-0.2, -0.15) is 0 Å². The Morgan fingerprint density at radius 3 is 2.57 bits per heavy atom. The van der Waals surface area contributed by atoms with Crippen molar-refractivity contribution in [2.24, 2.45) is 0 Å². The van der Waals surface area contributed by atoms with Gasteiger partial charge in [0.2, 0.25) is 11.1 Å². The number of aromatic nitrogens is 3. The van der Waals surface area contributed by atoms with E-state index in [0.717, 1.165) is 28.0 Å². The summed E-state index contributed by atoms with van der Waals surface area (Å²) in [5.74, 6) is 1.46.